The molecule has 5 heteroatoms. The van der Waals surface area contributed by atoms with E-state index in [0.29, 0.717) is 22.1 Å². The Morgan fingerprint density at radius 1 is 1.21 bits per heavy atom. The van der Waals surface area contributed by atoms with E-state index in [9.17, 15) is 4.79 Å². The Labute approximate surface area is 146 Å². The first-order chi connectivity index (χ1) is 11.5. The van der Waals surface area contributed by atoms with Gasteiger partial charge in [0.15, 0.2) is 11.5 Å². The number of hydrogen-bond donors (Lipinski definition) is 1. The standard InChI is InChI=1S/C19H18ClNO3/c1-11(2)24-18-15(20)9-12(10-17(18)23-3)8-14-13-6-4-5-7-16(13)21-19(14)22/h4-11H,1-3H3,(H,21,22)/b14-8+. The normalized spacial score (nSPS) is 14.7. The molecule has 0 aliphatic carbocycles. The number of carbonyl (C=O) groups is 1. The quantitative estimate of drug-likeness (QED) is 0.823. The van der Waals surface area contributed by atoms with E-state index in [1.54, 1.807) is 19.3 Å². The fraction of sp³-hybridized carbons (Fsp3) is 0.211. The van der Waals surface area contributed by atoms with Crippen LogP contribution in [-0.4, -0.2) is 19.1 Å². The first-order valence-electron chi connectivity index (χ1n) is 7.66. The van der Waals surface area contributed by atoms with Crippen LogP contribution in [0.1, 0.15) is 25.0 Å². The van der Waals surface area contributed by atoms with Gasteiger partial charge in [-0.2, -0.15) is 0 Å². The van der Waals surface area contributed by atoms with Crippen LogP contribution in [0.15, 0.2) is 36.4 Å². The Morgan fingerprint density at radius 2 is 1.96 bits per heavy atom. The number of hydrogen-bond acceptors (Lipinski definition) is 3. The molecule has 0 spiro atoms. The van der Waals surface area contributed by atoms with Crippen LogP contribution in [0.3, 0.4) is 0 Å². The van der Waals surface area contributed by atoms with E-state index in [-0.39, 0.29) is 12.0 Å². The van der Waals surface area contributed by atoms with Gasteiger partial charge in [0.2, 0.25) is 0 Å². The molecule has 0 atom stereocenters. The summed E-state index contributed by atoms with van der Waals surface area (Å²) >= 11 is 6.34. The van der Waals surface area contributed by atoms with E-state index in [1.807, 2.05) is 44.2 Å². The van der Waals surface area contributed by atoms with E-state index in [0.717, 1.165) is 16.8 Å². The summed E-state index contributed by atoms with van der Waals surface area (Å²) in [7, 11) is 1.56. The lowest BCUT2D eigenvalue weighted by molar-refractivity contribution is -0.110. The number of methoxy groups -OCH3 is 1. The van der Waals surface area contributed by atoms with Gasteiger partial charge in [0, 0.05) is 16.8 Å². The zero-order valence-corrected chi connectivity index (χ0v) is 14.5. The number of benzene rings is 2. The molecular formula is C19H18ClNO3. The van der Waals surface area contributed by atoms with Gasteiger partial charge >= 0.3 is 0 Å². The van der Waals surface area contributed by atoms with Crippen molar-refractivity contribution in [3.63, 3.8) is 0 Å². The fourth-order valence-electron chi connectivity index (χ4n) is 2.62. The molecule has 3 rings (SSSR count). The number of halogens is 1. The average Bonchev–Trinajstić information content (AvgIpc) is 2.85. The van der Waals surface area contributed by atoms with E-state index >= 15 is 0 Å². The molecule has 0 radical (unpaired) electrons. The number of fused-ring (bicyclic) bond motifs is 1. The van der Waals surface area contributed by atoms with Gasteiger partial charge in [0.05, 0.1) is 18.2 Å². The van der Waals surface area contributed by atoms with Crippen molar-refractivity contribution in [2.24, 2.45) is 0 Å². The molecule has 1 heterocycles. The van der Waals surface area contributed by atoms with Crippen molar-refractivity contribution in [2.75, 3.05) is 12.4 Å². The van der Waals surface area contributed by atoms with Gasteiger partial charge in [-0.3, -0.25) is 4.79 Å². The minimum absolute atomic E-state index is 0.0203. The summed E-state index contributed by atoms with van der Waals surface area (Å²) in [5, 5.41) is 3.30. The second kappa shape index (κ2) is 6.57. The van der Waals surface area contributed by atoms with Crippen molar-refractivity contribution < 1.29 is 14.3 Å². The lowest BCUT2D eigenvalue weighted by atomic mass is 10.0. The summed E-state index contributed by atoms with van der Waals surface area (Å²) in [6.07, 6.45) is 1.78. The third-order valence-corrected chi connectivity index (χ3v) is 3.91. The van der Waals surface area contributed by atoms with Crippen LogP contribution in [0.5, 0.6) is 11.5 Å². The Balaban J connectivity index is 2.05. The van der Waals surface area contributed by atoms with Gasteiger partial charge in [-0.1, -0.05) is 29.8 Å². The summed E-state index contributed by atoms with van der Waals surface area (Å²) in [5.74, 6) is 0.913. The number of anilines is 1. The van der Waals surface area contributed by atoms with Crippen molar-refractivity contribution in [1.82, 2.24) is 0 Å². The van der Waals surface area contributed by atoms with Crippen molar-refractivity contribution in [2.45, 2.75) is 20.0 Å². The Hall–Kier alpha value is -2.46. The van der Waals surface area contributed by atoms with Crippen LogP contribution in [0.25, 0.3) is 11.6 Å². The molecule has 0 fully saturated rings. The van der Waals surface area contributed by atoms with Gasteiger partial charge in [-0.25, -0.2) is 0 Å². The van der Waals surface area contributed by atoms with Crippen molar-refractivity contribution in [3.8, 4) is 11.5 Å². The third kappa shape index (κ3) is 3.10. The van der Waals surface area contributed by atoms with E-state index in [4.69, 9.17) is 21.1 Å². The van der Waals surface area contributed by atoms with Crippen LogP contribution >= 0.6 is 11.6 Å². The second-order valence-electron chi connectivity index (χ2n) is 5.76. The Morgan fingerprint density at radius 3 is 2.67 bits per heavy atom. The number of nitrogens with one attached hydrogen (secondary N) is 1. The molecule has 0 unspecified atom stereocenters. The molecule has 4 nitrogen and oxygen atoms in total. The number of para-hydroxylation sites is 1. The highest BCUT2D eigenvalue weighted by Gasteiger charge is 2.23. The van der Waals surface area contributed by atoms with Crippen LogP contribution < -0.4 is 14.8 Å². The topological polar surface area (TPSA) is 47.6 Å². The number of rotatable bonds is 4. The molecule has 1 N–H and O–H groups in total. The summed E-state index contributed by atoms with van der Waals surface area (Å²) in [6, 6.07) is 11.2. The predicted molar refractivity (Wildman–Crippen MR) is 96.7 cm³/mol. The summed E-state index contributed by atoms with van der Waals surface area (Å²) in [4.78, 5) is 12.2. The van der Waals surface area contributed by atoms with Crippen LogP contribution in [-0.2, 0) is 4.79 Å². The Kier molecular flexibility index (Phi) is 4.49. The summed E-state index contributed by atoms with van der Waals surface area (Å²) in [5.41, 5.74) is 3.06. The van der Waals surface area contributed by atoms with Crippen LogP contribution in [0, 0.1) is 0 Å². The summed E-state index contributed by atoms with van der Waals surface area (Å²) in [6.45, 7) is 3.84. The first-order valence-corrected chi connectivity index (χ1v) is 8.04. The molecule has 2 aromatic carbocycles. The maximum Gasteiger partial charge on any atom is 0.256 e. The second-order valence-corrected chi connectivity index (χ2v) is 6.17. The Bertz CT molecular complexity index is 827. The SMILES string of the molecule is COc1cc(/C=C2/C(=O)Nc3ccccc32)cc(Cl)c1OC(C)C. The van der Waals surface area contributed by atoms with E-state index in [2.05, 4.69) is 5.32 Å². The highest BCUT2D eigenvalue weighted by molar-refractivity contribution is 6.35. The molecule has 0 aromatic heterocycles. The number of carbonyl (C=O) groups excluding carboxylic acids is 1. The largest absolute Gasteiger partial charge is 0.493 e. The monoisotopic (exact) mass is 343 g/mol. The van der Waals surface area contributed by atoms with Gasteiger partial charge in [0.25, 0.3) is 5.91 Å². The number of amides is 1. The van der Waals surface area contributed by atoms with Crippen molar-refractivity contribution in [3.05, 3.63) is 52.5 Å². The molecule has 2 aromatic rings. The molecule has 124 valence electrons. The minimum atomic E-state index is -0.131. The molecule has 0 saturated heterocycles. The zero-order chi connectivity index (χ0) is 17.3. The van der Waals surface area contributed by atoms with Gasteiger partial charge in [-0.15, -0.1) is 0 Å². The third-order valence-electron chi connectivity index (χ3n) is 3.63. The van der Waals surface area contributed by atoms with Gasteiger partial charge in [0.1, 0.15) is 0 Å². The molecule has 1 amide bonds. The summed E-state index contributed by atoms with van der Waals surface area (Å²) < 4.78 is 11.1. The van der Waals surface area contributed by atoms with Crippen LogP contribution in [0.4, 0.5) is 5.69 Å². The fourth-order valence-corrected chi connectivity index (χ4v) is 2.89. The van der Waals surface area contributed by atoms with Gasteiger partial charge < -0.3 is 14.8 Å². The smallest absolute Gasteiger partial charge is 0.256 e. The van der Waals surface area contributed by atoms with Gasteiger partial charge in [-0.05, 0) is 43.7 Å². The van der Waals surface area contributed by atoms with Crippen molar-refractivity contribution >= 4 is 34.8 Å². The van der Waals surface area contributed by atoms with E-state index in [1.165, 1.54) is 0 Å². The molecule has 0 bridgehead atoms. The highest BCUT2D eigenvalue weighted by Crippen LogP contribution is 2.39. The lowest BCUT2D eigenvalue weighted by Crippen LogP contribution is -2.07. The maximum absolute atomic E-state index is 12.2. The molecule has 0 saturated carbocycles. The zero-order valence-electron chi connectivity index (χ0n) is 13.7. The number of ether oxygens (including phenoxy) is 2. The minimum Gasteiger partial charge on any atom is -0.493 e. The predicted octanol–water partition coefficient (Wildman–Crippen LogP) is 4.63. The highest BCUT2D eigenvalue weighted by atomic mass is 35.5. The molecule has 1 aliphatic rings. The first kappa shape index (κ1) is 16.4. The maximum atomic E-state index is 12.2. The molecule has 24 heavy (non-hydrogen) atoms. The molecule has 1 aliphatic heterocycles. The average molecular weight is 344 g/mol. The van der Waals surface area contributed by atoms with Crippen molar-refractivity contribution in [1.29, 1.82) is 0 Å². The lowest BCUT2D eigenvalue weighted by Gasteiger charge is -2.15. The van der Waals surface area contributed by atoms with E-state index < -0.39 is 0 Å². The molecular weight excluding hydrogens is 326 g/mol. The van der Waals surface area contributed by atoms with Crippen LogP contribution in [0.2, 0.25) is 5.02 Å².